The summed E-state index contributed by atoms with van der Waals surface area (Å²) in [7, 11) is 0. The Kier molecular flexibility index (Phi) is 7.09. The molecule has 5 nitrogen and oxygen atoms in total. The molecule has 2 aromatic rings. The highest BCUT2D eigenvalue weighted by Crippen LogP contribution is 2.46. The summed E-state index contributed by atoms with van der Waals surface area (Å²) in [5.41, 5.74) is 1.31. The molecule has 0 unspecified atom stereocenters. The quantitative estimate of drug-likeness (QED) is 0.615. The van der Waals surface area contributed by atoms with Gasteiger partial charge in [-0.2, -0.15) is 0 Å². The van der Waals surface area contributed by atoms with Crippen LogP contribution in [0.1, 0.15) is 25.7 Å². The fraction of sp³-hybridized carbons (Fsp3) is 0.560. The summed E-state index contributed by atoms with van der Waals surface area (Å²) in [6, 6.07) is 13.0. The number of para-hydroxylation sites is 1. The number of rotatable bonds is 8. The number of likely N-dealkylation sites (tertiary alicyclic amines) is 1. The molecule has 166 valence electrons. The van der Waals surface area contributed by atoms with Crippen LogP contribution in [0.25, 0.3) is 0 Å². The second kappa shape index (κ2) is 10.3. The van der Waals surface area contributed by atoms with Crippen molar-refractivity contribution in [3.63, 3.8) is 0 Å². The molecule has 2 fully saturated rings. The zero-order valence-corrected chi connectivity index (χ0v) is 19.4. The number of hydrogen-bond acceptors (Lipinski definition) is 6. The first-order valence-corrected chi connectivity index (χ1v) is 12.8. The average molecular weight is 438 g/mol. The molecule has 0 bridgehead atoms. The molecule has 0 spiro atoms. The van der Waals surface area contributed by atoms with E-state index in [9.17, 15) is 0 Å². The van der Waals surface area contributed by atoms with Gasteiger partial charge in [0.15, 0.2) is 0 Å². The van der Waals surface area contributed by atoms with Gasteiger partial charge in [0.2, 0.25) is 0 Å². The largest absolute Gasteiger partial charge is 0.324 e. The summed E-state index contributed by atoms with van der Waals surface area (Å²) >= 11 is 1.84. The summed E-state index contributed by atoms with van der Waals surface area (Å²) in [5, 5.41) is 0. The molecule has 0 saturated carbocycles. The number of pyridine rings is 1. The molecule has 6 heteroatoms. The number of fused-ring (bicyclic) bond motifs is 2. The third-order valence-corrected chi connectivity index (χ3v) is 7.95. The van der Waals surface area contributed by atoms with Gasteiger partial charge >= 0.3 is 0 Å². The predicted molar refractivity (Wildman–Crippen MR) is 130 cm³/mol. The van der Waals surface area contributed by atoms with Crippen molar-refractivity contribution in [3.8, 4) is 0 Å². The molecule has 5 rings (SSSR count). The molecule has 0 amide bonds. The Morgan fingerprint density at radius 1 is 0.677 bits per heavy atom. The van der Waals surface area contributed by atoms with E-state index in [1.807, 2.05) is 24.0 Å². The van der Waals surface area contributed by atoms with Gasteiger partial charge in [-0.3, -0.25) is 0 Å². The van der Waals surface area contributed by atoms with E-state index in [4.69, 9.17) is 4.98 Å². The van der Waals surface area contributed by atoms with Gasteiger partial charge in [0.1, 0.15) is 5.82 Å². The van der Waals surface area contributed by atoms with Crippen molar-refractivity contribution in [3.05, 3.63) is 42.6 Å². The van der Waals surface area contributed by atoms with Crippen LogP contribution in [0.15, 0.2) is 52.4 Å². The summed E-state index contributed by atoms with van der Waals surface area (Å²) in [6.07, 6.45) is 7.23. The molecule has 3 aliphatic rings. The number of piperazine rings is 1. The van der Waals surface area contributed by atoms with Crippen LogP contribution in [0, 0.1) is 0 Å². The van der Waals surface area contributed by atoms with Crippen molar-refractivity contribution in [2.45, 2.75) is 35.5 Å². The molecule has 31 heavy (non-hydrogen) atoms. The highest BCUT2D eigenvalue weighted by molar-refractivity contribution is 7.99. The highest BCUT2D eigenvalue weighted by Gasteiger charge is 2.24. The summed E-state index contributed by atoms with van der Waals surface area (Å²) in [6.45, 7) is 12.3. The van der Waals surface area contributed by atoms with Gasteiger partial charge in [-0.05, 0) is 82.7 Å². The third-order valence-electron chi connectivity index (χ3n) is 6.85. The van der Waals surface area contributed by atoms with Gasteiger partial charge in [-0.15, -0.1) is 0 Å². The standard InChI is InChI=1S/C25H35N5S/c1-2-9-23-22(8-1)30(25-24(31-23)10-5-11-26-25)17-7-16-29-20-18-28(19-21-29)15-6-14-27-12-3-4-13-27/h1-2,5,8-11H,3-4,6-7,12-21H2. The Bertz CT molecular complexity index is 800. The lowest BCUT2D eigenvalue weighted by Crippen LogP contribution is -2.47. The lowest BCUT2D eigenvalue weighted by molar-refractivity contribution is 0.127. The summed E-state index contributed by atoms with van der Waals surface area (Å²) in [5.74, 6) is 1.12. The van der Waals surface area contributed by atoms with Gasteiger partial charge in [-0.25, -0.2) is 4.98 Å². The van der Waals surface area contributed by atoms with E-state index in [2.05, 4.69) is 49.9 Å². The zero-order valence-electron chi connectivity index (χ0n) is 18.6. The van der Waals surface area contributed by atoms with E-state index in [0.29, 0.717) is 0 Å². The van der Waals surface area contributed by atoms with Gasteiger partial charge < -0.3 is 19.6 Å². The molecule has 1 aromatic carbocycles. The van der Waals surface area contributed by atoms with Crippen LogP contribution in [-0.2, 0) is 0 Å². The van der Waals surface area contributed by atoms with Crippen molar-refractivity contribution >= 4 is 23.3 Å². The third kappa shape index (κ3) is 5.25. The minimum absolute atomic E-state index is 1.03. The minimum Gasteiger partial charge on any atom is -0.324 e. The van der Waals surface area contributed by atoms with Gasteiger partial charge in [-0.1, -0.05) is 23.9 Å². The van der Waals surface area contributed by atoms with Crippen LogP contribution in [0.4, 0.5) is 11.5 Å². The van der Waals surface area contributed by atoms with E-state index in [-0.39, 0.29) is 0 Å². The molecular weight excluding hydrogens is 402 g/mol. The molecule has 0 atom stereocenters. The van der Waals surface area contributed by atoms with Crippen molar-refractivity contribution in [1.29, 1.82) is 0 Å². The molecular formula is C25H35N5S. The van der Waals surface area contributed by atoms with Crippen molar-refractivity contribution in [1.82, 2.24) is 19.7 Å². The fourth-order valence-corrected chi connectivity index (χ4v) is 6.17. The van der Waals surface area contributed by atoms with Crippen LogP contribution in [-0.4, -0.2) is 85.1 Å². The van der Waals surface area contributed by atoms with E-state index in [1.165, 1.54) is 100 Å². The molecule has 3 aliphatic heterocycles. The predicted octanol–water partition coefficient (Wildman–Crippen LogP) is 4.18. The average Bonchev–Trinajstić information content (AvgIpc) is 3.33. The van der Waals surface area contributed by atoms with Crippen molar-refractivity contribution in [2.24, 2.45) is 0 Å². The van der Waals surface area contributed by atoms with E-state index in [0.717, 1.165) is 12.4 Å². The van der Waals surface area contributed by atoms with Gasteiger partial charge in [0.05, 0.1) is 10.6 Å². The van der Waals surface area contributed by atoms with Gasteiger partial charge in [0.25, 0.3) is 0 Å². The topological polar surface area (TPSA) is 25.9 Å². The number of hydrogen-bond donors (Lipinski definition) is 0. The Morgan fingerprint density at radius 3 is 2.03 bits per heavy atom. The SMILES string of the molecule is c1ccc2c(c1)Sc1cccnc1N2CCCN1CCN(CCCN2CCCC2)CC1. The second-order valence-electron chi connectivity index (χ2n) is 8.99. The molecule has 2 saturated heterocycles. The molecule has 4 heterocycles. The number of aromatic nitrogens is 1. The highest BCUT2D eigenvalue weighted by atomic mass is 32.2. The van der Waals surface area contributed by atoms with Crippen LogP contribution in [0.5, 0.6) is 0 Å². The van der Waals surface area contributed by atoms with Crippen LogP contribution < -0.4 is 4.90 Å². The molecule has 0 radical (unpaired) electrons. The first kappa shape index (κ1) is 21.3. The lowest BCUT2D eigenvalue weighted by atomic mass is 10.2. The van der Waals surface area contributed by atoms with E-state index < -0.39 is 0 Å². The Balaban J connectivity index is 1.08. The summed E-state index contributed by atoms with van der Waals surface area (Å²) in [4.78, 5) is 17.7. The first-order valence-electron chi connectivity index (χ1n) is 12.0. The van der Waals surface area contributed by atoms with Crippen LogP contribution in [0.3, 0.4) is 0 Å². The maximum atomic E-state index is 4.71. The number of benzene rings is 1. The Labute approximate surface area is 191 Å². The first-order chi connectivity index (χ1) is 15.4. The number of anilines is 2. The molecule has 1 aromatic heterocycles. The van der Waals surface area contributed by atoms with E-state index >= 15 is 0 Å². The Hall–Kier alpha value is -1.60. The van der Waals surface area contributed by atoms with Crippen molar-refractivity contribution in [2.75, 3.05) is 70.3 Å². The van der Waals surface area contributed by atoms with Crippen LogP contribution in [0.2, 0.25) is 0 Å². The monoisotopic (exact) mass is 437 g/mol. The van der Waals surface area contributed by atoms with Gasteiger partial charge in [0, 0.05) is 43.8 Å². The normalized spacial score (nSPS) is 20.1. The maximum absolute atomic E-state index is 4.71. The lowest BCUT2D eigenvalue weighted by Gasteiger charge is -2.36. The minimum atomic E-state index is 1.03. The second-order valence-corrected chi connectivity index (χ2v) is 10.1. The molecule has 0 aliphatic carbocycles. The molecule has 0 N–H and O–H groups in total. The summed E-state index contributed by atoms with van der Waals surface area (Å²) < 4.78 is 0. The Morgan fingerprint density at radius 2 is 1.29 bits per heavy atom. The number of nitrogens with zero attached hydrogens (tertiary/aromatic N) is 5. The van der Waals surface area contributed by atoms with Crippen LogP contribution >= 0.6 is 11.8 Å². The van der Waals surface area contributed by atoms with Crippen molar-refractivity contribution < 1.29 is 0 Å². The fourth-order valence-electron chi connectivity index (χ4n) is 5.10. The smallest absolute Gasteiger partial charge is 0.147 e. The zero-order chi connectivity index (χ0) is 20.9. The van der Waals surface area contributed by atoms with E-state index in [1.54, 1.807) is 0 Å². The maximum Gasteiger partial charge on any atom is 0.147 e.